The van der Waals surface area contributed by atoms with E-state index in [9.17, 15) is 10.0 Å². The molecule has 1 heterocycles. The van der Waals surface area contributed by atoms with Gasteiger partial charge in [0.2, 0.25) is 0 Å². The first-order valence-electron chi connectivity index (χ1n) is 5.10. The second-order valence-corrected chi connectivity index (χ2v) is 5.43. The van der Waals surface area contributed by atoms with Gasteiger partial charge in [0.05, 0.1) is 0 Å². The Bertz CT molecular complexity index is 398. The van der Waals surface area contributed by atoms with Crippen molar-refractivity contribution >= 4 is 5.97 Å². The van der Waals surface area contributed by atoms with Gasteiger partial charge >= 0.3 is 115 Å². The molecule has 1 aromatic rings. The van der Waals surface area contributed by atoms with E-state index in [0.29, 0.717) is 12.8 Å². The Morgan fingerprint density at radius 1 is 1.72 bits per heavy atom. The van der Waals surface area contributed by atoms with E-state index in [4.69, 9.17) is 9.84 Å². The van der Waals surface area contributed by atoms with Gasteiger partial charge < -0.3 is 0 Å². The molecule has 0 saturated carbocycles. The van der Waals surface area contributed by atoms with Crippen molar-refractivity contribution in [3.63, 3.8) is 0 Å². The molecule has 1 N–H and O–H groups in total. The first-order valence-corrected chi connectivity index (χ1v) is 7.14. The third-order valence-electron chi connectivity index (χ3n) is 1.88. The minimum absolute atomic E-state index is 0.0840. The average Bonchev–Trinajstić information content (AvgIpc) is 2.71. The number of halogens is 1. The average molecular weight is 371 g/mol. The van der Waals surface area contributed by atoms with Crippen molar-refractivity contribution in [2.45, 2.75) is 20.1 Å². The number of aliphatic hydroxyl groups is 1. The van der Waals surface area contributed by atoms with E-state index in [1.807, 2.05) is 0 Å². The fraction of sp³-hybridized carbons (Fsp3) is 0.556. The number of ether oxygens (including phenoxy) is 1. The van der Waals surface area contributed by atoms with E-state index in [1.165, 1.54) is 11.8 Å². The zero-order chi connectivity index (χ0) is 13.5. The van der Waals surface area contributed by atoms with Crippen molar-refractivity contribution in [1.82, 2.24) is 13.2 Å². The van der Waals surface area contributed by atoms with E-state index >= 15 is 0 Å². The van der Waals surface area contributed by atoms with Crippen LogP contribution in [0.1, 0.15) is 12.6 Å². The van der Waals surface area contributed by atoms with Crippen LogP contribution in [0.25, 0.3) is 0 Å². The molecule has 0 aromatic carbocycles. The zero-order valence-corrected chi connectivity index (χ0v) is 12.2. The van der Waals surface area contributed by atoms with E-state index in [1.54, 1.807) is 13.0 Å². The van der Waals surface area contributed by atoms with E-state index in [2.05, 4.69) is 9.94 Å². The molecule has 0 atom stereocenters. The maximum atomic E-state index is 11.3. The van der Waals surface area contributed by atoms with Crippen LogP contribution >= 0.6 is 0 Å². The minimum atomic E-state index is -1.11. The number of carbonyl (C=O) groups is 1. The van der Waals surface area contributed by atoms with Gasteiger partial charge in [0.15, 0.2) is 0 Å². The Hall–Kier alpha value is -0.750. The van der Waals surface area contributed by atoms with Gasteiger partial charge in [-0.1, -0.05) is 0 Å². The maximum absolute atomic E-state index is 11.3. The fourth-order valence-corrected chi connectivity index (χ4v) is 2.62. The van der Waals surface area contributed by atoms with Crippen LogP contribution in [0, 0.1) is 8.91 Å². The van der Waals surface area contributed by atoms with Crippen LogP contribution in [0.15, 0.2) is 6.07 Å². The third kappa shape index (κ3) is 4.49. The van der Waals surface area contributed by atoms with Crippen molar-refractivity contribution in [2.24, 2.45) is 0 Å². The van der Waals surface area contributed by atoms with Crippen molar-refractivity contribution < 1.29 is 41.0 Å². The first-order chi connectivity index (χ1) is 8.60. The van der Waals surface area contributed by atoms with Crippen LogP contribution < -0.4 is 21.5 Å². The second kappa shape index (κ2) is 7.63. The Labute approximate surface area is 115 Å². The molecule has 0 spiro atoms. The van der Waals surface area contributed by atoms with Gasteiger partial charge in [0.25, 0.3) is 0 Å². The summed E-state index contributed by atoms with van der Waals surface area (Å²) in [6, 6.07) is 1.58. The Morgan fingerprint density at radius 3 is 3.00 bits per heavy atom. The van der Waals surface area contributed by atoms with Crippen molar-refractivity contribution in [2.75, 3.05) is 13.7 Å². The molecule has 18 heavy (non-hydrogen) atoms. The third-order valence-corrected chi connectivity index (χ3v) is 3.69. The van der Waals surface area contributed by atoms with Crippen LogP contribution in [0.3, 0.4) is 0 Å². The van der Waals surface area contributed by atoms with Crippen molar-refractivity contribution in [3.8, 4) is 0 Å². The molecule has 0 radical (unpaired) electrons. The van der Waals surface area contributed by atoms with Gasteiger partial charge in [-0.15, -0.1) is 0 Å². The predicted molar refractivity (Wildman–Crippen MR) is 55.7 cm³/mol. The van der Waals surface area contributed by atoms with Crippen LogP contribution in [0.4, 0.5) is 0 Å². The number of nitrogens with zero attached hydrogens (tertiary/aromatic N) is 3. The Balaban J connectivity index is 2.74. The summed E-state index contributed by atoms with van der Waals surface area (Å²) in [5.74, 6) is -0.439. The molecule has 1 rings (SSSR count). The number of rotatable bonds is 7. The molecule has 8 nitrogen and oxygen atoms in total. The predicted octanol–water partition coefficient (Wildman–Crippen LogP) is -3.53. The molecule has 104 valence electrons. The molecule has 0 aliphatic heterocycles. The number of aromatic nitrogens is 2. The summed E-state index contributed by atoms with van der Waals surface area (Å²) < 4.78 is 7.09. The Morgan fingerprint density at radius 2 is 2.44 bits per heavy atom. The topological polar surface area (TPSA) is 99.9 Å². The summed E-state index contributed by atoms with van der Waals surface area (Å²) in [7, 11) is 1.27. The van der Waals surface area contributed by atoms with Gasteiger partial charge in [-0.25, -0.2) is 0 Å². The molecule has 0 fully saturated rings. The monoisotopic (exact) mass is 371 g/mol. The zero-order valence-electron chi connectivity index (χ0n) is 10.00. The van der Waals surface area contributed by atoms with Gasteiger partial charge in [0, 0.05) is 0 Å². The molecule has 1 aromatic heterocycles. The van der Waals surface area contributed by atoms with Crippen molar-refractivity contribution in [3.05, 3.63) is 20.7 Å². The van der Waals surface area contributed by atoms with E-state index in [0.717, 1.165) is 0 Å². The number of hydrogen-bond donors (Lipinski definition) is 1. The molecular weight excluding hydrogens is 357 g/mol. The Kier molecular flexibility index (Phi) is 6.49. The SMILES string of the molecule is CCOC(=O)Cn1nc([I-]N([O-])OC)cc1CO. The summed E-state index contributed by atoms with van der Waals surface area (Å²) in [6.07, 6.45) is 0. The van der Waals surface area contributed by atoms with Gasteiger partial charge in [-0.05, 0) is 0 Å². The summed E-state index contributed by atoms with van der Waals surface area (Å²) in [6.45, 7) is 1.65. The van der Waals surface area contributed by atoms with Crippen LogP contribution in [-0.2, 0) is 27.5 Å². The molecule has 0 aliphatic carbocycles. The molecular formula is C9H14IN3O5-2. The second-order valence-electron chi connectivity index (χ2n) is 3.06. The van der Waals surface area contributed by atoms with Crippen LogP contribution in [0.2, 0.25) is 0 Å². The molecule has 0 bridgehead atoms. The number of esters is 1. The van der Waals surface area contributed by atoms with E-state index in [-0.39, 0.29) is 19.8 Å². The van der Waals surface area contributed by atoms with Crippen LogP contribution in [0.5, 0.6) is 0 Å². The quantitative estimate of drug-likeness (QED) is 0.230. The van der Waals surface area contributed by atoms with Gasteiger partial charge in [0.1, 0.15) is 0 Å². The first kappa shape index (κ1) is 15.3. The number of aliphatic hydroxyl groups excluding tert-OH is 1. The van der Waals surface area contributed by atoms with Crippen molar-refractivity contribution in [1.29, 1.82) is 0 Å². The molecule has 0 aliphatic rings. The summed E-state index contributed by atoms with van der Waals surface area (Å²) in [5.41, 5.74) is 0.460. The summed E-state index contributed by atoms with van der Waals surface area (Å²) in [5, 5.41) is 24.3. The molecule has 0 unspecified atom stereocenters. The van der Waals surface area contributed by atoms with E-state index < -0.39 is 27.4 Å². The summed E-state index contributed by atoms with van der Waals surface area (Å²) in [4.78, 5) is 15.8. The standard InChI is InChI=1S/C9H14IN3O5/c1-3-18-9(15)5-12-7(6-14)4-8(11-12)10-13(16)17-2/h4,14H,3,5-6H2,1-2H3/q-2. The van der Waals surface area contributed by atoms with Gasteiger partial charge in [-0.2, -0.15) is 0 Å². The molecule has 0 saturated heterocycles. The molecule has 9 heteroatoms. The number of carbonyl (C=O) groups excluding carboxylic acids is 1. The molecule has 0 amide bonds. The summed E-state index contributed by atoms with van der Waals surface area (Å²) >= 11 is -1.11. The number of hydrogen-bond acceptors (Lipinski definition) is 7. The van der Waals surface area contributed by atoms with Crippen LogP contribution in [-0.4, -0.2) is 38.0 Å². The van der Waals surface area contributed by atoms with Gasteiger partial charge in [-0.3, -0.25) is 0 Å². The fourth-order valence-electron chi connectivity index (χ4n) is 1.16. The normalized spacial score (nSPS) is 11.2.